The lowest BCUT2D eigenvalue weighted by Gasteiger charge is -2.31. The van der Waals surface area contributed by atoms with Crippen molar-refractivity contribution in [3.05, 3.63) is 33.8 Å². The molecule has 5 heteroatoms. The number of carbonyl (C=O) groups excluding carboxylic acids is 1. The van der Waals surface area contributed by atoms with Gasteiger partial charge in [-0.05, 0) is 42.9 Å². The van der Waals surface area contributed by atoms with Crippen molar-refractivity contribution in [3.8, 4) is 0 Å². The van der Waals surface area contributed by atoms with E-state index in [1.54, 1.807) is 13.2 Å². The molecule has 1 saturated heterocycles. The minimum atomic E-state index is 0.0859. The highest BCUT2D eigenvalue weighted by molar-refractivity contribution is 6.35. The zero-order valence-corrected chi connectivity index (χ0v) is 13.5. The standard InChI is InChI=1S/C16H19Cl2NO2/c1-21-11-4-6-19(7-5-11)16(20)14-9-13(14)12-3-2-10(17)8-15(12)18/h2-3,8,11,13-14H,4-7,9H2,1H3. The summed E-state index contributed by atoms with van der Waals surface area (Å²) in [5.41, 5.74) is 1.05. The van der Waals surface area contributed by atoms with E-state index in [0.717, 1.165) is 37.9 Å². The maximum atomic E-state index is 12.5. The van der Waals surface area contributed by atoms with E-state index in [1.165, 1.54) is 0 Å². The van der Waals surface area contributed by atoms with Gasteiger partial charge in [0.1, 0.15) is 0 Å². The van der Waals surface area contributed by atoms with Gasteiger partial charge in [-0.2, -0.15) is 0 Å². The zero-order chi connectivity index (χ0) is 15.0. The van der Waals surface area contributed by atoms with E-state index in [2.05, 4.69) is 0 Å². The summed E-state index contributed by atoms with van der Waals surface area (Å²) in [6, 6.07) is 5.54. The second-order valence-corrected chi connectivity index (χ2v) is 6.72. The minimum absolute atomic E-state index is 0.0859. The molecule has 0 spiro atoms. The quantitative estimate of drug-likeness (QED) is 0.846. The van der Waals surface area contributed by atoms with Gasteiger partial charge in [0.05, 0.1) is 6.10 Å². The Morgan fingerprint density at radius 3 is 2.62 bits per heavy atom. The zero-order valence-electron chi connectivity index (χ0n) is 12.0. The second-order valence-electron chi connectivity index (χ2n) is 5.87. The van der Waals surface area contributed by atoms with Crippen LogP contribution in [-0.2, 0) is 9.53 Å². The maximum absolute atomic E-state index is 12.5. The van der Waals surface area contributed by atoms with Gasteiger partial charge in [0.2, 0.25) is 5.91 Å². The smallest absolute Gasteiger partial charge is 0.226 e. The number of rotatable bonds is 3. The Balaban J connectivity index is 1.61. The van der Waals surface area contributed by atoms with Gasteiger partial charge < -0.3 is 9.64 Å². The lowest BCUT2D eigenvalue weighted by atomic mass is 10.1. The van der Waals surface area contributed by atoms with Crippen molar-refractivity contribution in [1.29, 1.82) is 0 Å². The highest BCUT2D eigenvalue weighted by Gasteiger charge is 2.46. The van der Waals surface area contributed by atoms with E-state index in [4.69, 9.17) is 27.9 Å². The molecule has 2 unspecified atom stereocenters. The lowest BCUT2D eigenvalue weighted by Crippen LogP contribution is -2.41. The van der Waals surface area contributed by atoms with Crippen molar-refractivity contribution in [2.24, 2.45) is 5.92 Å². The van der Waals surface area contributed by atoms with Crippen LogP contribution in [0, 0.1) is 5.92 Å². The molecule has 2 aliphatic rings. The summed E-state index contributed by atoms with van der Waals surface area (Å²) in [6.07, 6.45) is 3.06. The predicted octanol–water partition coefficient (Wildman–Crippen LogP) is 3.73. The highest BCUT2D eigenvalue weighted by Crippen LogP contribution is 2.51. The number of piperidine rings is 1. The summed E-state index contributed by atoms with van der Waals surface area (Å²) in [5.74, 6) is 0.603. The second kappa shape index (κ2) is 6.15. The fourth-order valence-corrected chi connectivity index (χ4v) is 3.71. The van der Waals surface area contributed by atoms with Crippen LogP contribution in [0.3, 0.4) is 0 Å². The largest absolute Gasteiger partial charge is 0.381 e. The van der Waals surface area contributed by atoms with Gasteiger partial charge in [-0.3, -0.25) is 4.79 Å². The molecular formula is C16H19Cl2NO2. The Bertz CT molecular complexity index is 541. The normalized spacial score (nSPS) is 26.0. The summed E-state index contributed by atoms with van der Waals surface area (Å²) in [4.78, 5) is 14.5. The van der Waals surface area contributed by atoms with Crippen LogP contribution in [0.15, 0.2) is 18.2 Å². The van der Waals surface area contributed by atoms with E-state index in [1.807, 2.05) is 17.0 Å². The van der Waals surface area contributed by atoms with E-state index < -0.39 is 0 Å². The Hall–Kier alpha value is -0.770. The first kappa shape index (κ1) is 15.1. The van der Waals surface area contributed by atoms with Gasteiger partial charge in [0.25, 0.3) is 0 Å². The molecule has 1 amide bonds. The Morgan fingerprint density at radius 2 is 2.00 bits per heavy atom. The Kier molecular flexibility index (Phi) is 4.43. The molecule has 1 heterocycles. The Morgan fingerprint density at radius 1 is 1.29 bits per heavy atom. The molecule has 2 atom stereocenters. The topological polar surface area (TPSA) is 29.5 Å². The number of hydrogen-bond donors (Lipinski definition) is 0. The van der Waals surface area contributed by atoms with Crippen molar-refractivity contribution in [1.82, 2.24) is 4.90 Å². The summed E-state index contributed by atoms with van der Waals surface area (Å²) < 4.78 is 5.34. The van der Waals surface area contributed by atoms with E-state index >= 15 is 0 Å². The van der Waals surface area contributed by atoms with Crippen molar-refractivity contribution in [2.45, 2.75) is 31.3 Å². The number of ether oxygens (including phenoxy) is 1. The monoisotopic (exact) mass is 327 g/mol. The highest BCUT2D eigenvalue weighted by atomic mass is 35.5. The number of methoxy groups -OCH3 is 1. The summed E-state index contributed by atoms with van der Waals surface area (Å²) >= 11 is 12.2. The van der Waals surface area contributed by atoms with Crippen LogP contribution in [0.25, 0.3) is 0 Å². The maximum Gasteiger partial charge on any atom is 0.226 e. The van der Waals surface area contributed by atoms with Gasteiger partial charge in [0, 0.05) is 36.2 Å². The molecule has 114 valence electrons. The average molecular weight is 328 g/mol. The predicted molar refractivity (Wildman–Crippen MR) is 83.9 cm³/mol. The van der Waals surface area contributed by atoms with Crippen LogP contribution in [0.5, 0.6) is 0 Å². The van der Waals surface area contributed by atoms with E-state index in [9.17, 15) is 4.79 Å². The SMILES string of the molecule is COC1CCN(C(=O)C2CC2c2ccc(Cl)cc2Cl)CC1. The van der Waals surface area contributed by atoms with Crippen LogP contribution in [0.2, 0.25) is 10.0 Å². The number of nitrogens with zero attached hydrogens (tertiary/aromatic N) is 1. The molecule has 1 aliphatic heterocycles. The van der Waals surface area contributed by atoms with Gasteiger partial charge >= 0.3 is 0 Å². The Labute approximate surface area is 135 Å². The van der Waals surface area contributed by atoms with E-state index in [-0.39, 0.29) is 17.7 Å². The molecule has 3 rings (SSSR count). The van der Waals surface area contributed by atoms with Gasteiger partial charge in [-0.1, -0.05) is 29.3 Å². The molecule has 0 aromatic heterocycles. The van der Waals surface area contributed by atoms with E-state index in [0.29, 0.717) is 16.1 Å². The fourth-order valence-electron chi connectivity index (χ4n) is 3.16. The third-order valence-electron chi connectivity index (χ3n) is 4.56. The van der Waals surface area contributed by atoms with Crippen molar-refractivity contribution >= 4 is 29.1 Å². The number of amides is 1. The van der Waals surface area contributed by atoms with Crippen molar-refractivity contribution in [3.63, 3.8) is 0 Å². The average Bonchev–Trinajstić information content (AvgIpc) is 3.27. The third-order valence-corrected chi connectivity index (χ3v) is 5.12. The third kappa shape index (κ3) is 3.20. The molecule has 1 aliphatic carbocycles. The minimum Gasteiger partial charge on any atom is -0.381 e. The van der Waals surface area contributed by atoms with Crippen LogP contribution >= 0.6 is 23.2 Å². The number of carbonyl (C=O) groups is 1. The lowest BCUT2D eigenvalue weighted by molar-refractivity contribution is -0.135. The molecule has 1 aromatic carbocycles. The number of hydrogen-bond acceptors (Lipinski definition) is 2. The molecule has 21 heavy (non-hydrogen) atoms. The first-order chi connectivity index (χ1) is 10.1. The molecular weight excluding hydrogens is 309 g/mol. The van der Waals surface area contributed by atoms with Crippen LogP contribution < -0.4 is 0 Å². The van der Waals surface area contributed by atoms with Crippen molar-refractivity contribution in [2.75, 3.05) is 20.2 Å². The first-order valence-electron chi connectivity index (χ1n) is 7.36. The number of likely N-dealkylation sites (tertiary alicyclic amines) is 1. The number of halogens is 2. The first-order valence-corrected chi connectivity index (χ1v) is 8.12. The molecule has 0 radical (unpaired) electrons. The van der Waals surface area contributed by atoms with Gasteiger partial charge in [0.15, 0.2) is 0 Å². The van der Waals surface area contributed by atoms with Crippen LogP contribution in [0.1, 0.15) is 30.7 Å². The van der Waals surface area contributed by atoms with Crippen LogP contribution in [-0.4, -0.2) is 37.1 Å². The van der Waals surface area contributed by atoms with Crippen LogP contribution in [0.4, 0.5) is 0 Å². The molecule has 0 N–H and O–H groups in total. The summed E-state index contributed by atoms with van der Waals surface area (Å²) in [5, 5.41) is 1.30. The van der Waals surface area contributed by atoms with Gasteiger partial charge in [-0.25, -0.2) is 0 Å². The molecule has 2 fully saturated rings. The fraction of sp³-hybridized carbons (Fsp3) is 0.562. The molecule has 0 bridgehead atoms. The summed E-state index contributed by atoms with van der Waals surface area (Å²) in [6.45, 7) is 1.60. The molecule has 3 nitrogen and oxygen atoms in total. The molecule has 1 saturated carbocycles. The number of benzene rings is 1. The van der Waals surface area contributed by atoms with Crippen molar-refractivity contribution < 1.29 is 9.53 Å². The summed E-state index contributed by atoms with van der Waals surface area (Å²) in [7, 11) is 1.74. The molecule has 1 aromatic rings. The van der Waals surface area contributed by atoms with Gasteiger partial charge in [-0.15, -0.1) is 0 Å².